The summed E-state index contributed by atoms with van der Waals surface area (Å²) in [5.74, 6) is 0. The van der Waals surface area contributed by atoms with Gasteiger partial charge in [-0.3, -0.25) is 9.09 Å². The van der Waals surface area contributed by atoms with Crippen molar-refractivity contribution < 1.29 is 33.2 Å². The quantitative estimate of drug-likeness (QED) is 0.377. The topological polar surface area (TPSA) is 124 Å². The van der Waals surface area contributed by atoms with Crippen LogP contribution in [0.3, 0.4) is 0 Å². The van der Waals surface area contributed by atoms with Crippen LogP contribution < -0.4 is 0 Å². The Morgan fingerprint density at radius 2 is 1.40 bits per heavy atom. The van der Waals surface area contributed by atoms with Crippen LogP contribution in [0.25, 0.3) is 0 Å². The second kappa shape index (κ2) is 6.76. The van der Waals surface area contributed by atoms with Crippen molar-refractivity contribution in [1.82, 2.24) is 0 Å². The zero-order chi connectivity index (χ0) is 11.9. The van der Waals surface area contributed by atoms with Crippen molar-refractivity contribution in [2.75, 3.05) is 12.8 Å². The van der Waals surface area contributed by atoms with Crippen molar-refractivity contribution in [2.24, 2.45) is 0 Å². The van der Waals surface area contributed by atoms with Crippen LogP contribution in [-0.4, -0.2) is 32.3 Å². The van der Waals surface area contributed by atoms with Crippen LogP contribution in [0.15, 0.2) is 0 Å². The first-order valence-corrected chi connectivity index (χ1v) is 7.78. The van der Waals surface area contributed by atoms with Gasteiger partial charge in [-0.2, -0.15) is 0 Å². The molecule has 0 aromatic rings. The lowest BCUT2D eigenvalue weighted by Crippen LogP contribution is -1.93. The zero-order valence-electron chi connectivity index (χ0n) is 8.15. The van der Waals surface area contributed by atoms with Crippen molar-refractivity contribution in [2.45, 2.75) is 25.7 Å². The fraction of sp³-hybridized carbons (Fsp3) is 1.00. The highest BCUT2D eigenvalue weighted by molar-refractivity contribution is 7.51. The van der Waals surface area contributed by atoms with E-state index in [0.717, 1.165) is 0 Å². The lowest BCUT2D eigenvalue weighted by molar-refractivity contribution is 0.193. The van der Waals surface area contributed by atoms with E-state index in [1.807, 2.05) is 0 Å². The third kappa shape index (κ3) is 14.3. The molecule has 0 aliphatic rings. The molecule has 15 heavy (non-hydrogen) atoms. The Morgan fingerprint density at radius 1 is 0.867 bits per heavy atom. The van der Waals surface area contributed by atoms with Gasteiger partial charge in [0.1, 0.15) is 0 Å². The predicted molar refractivity (Wildman–Crippen MR) is 53.4 cm³/mol. The van der Waals surface area contributed by atoms with E-state index in [-0.39, 0.29) is 12.8 Å². The molecule has 0 spiro atoms. The van der Waals surface area contributed by atoms with E-state index < -0.39 is 15.4 Å². The van der Waals surface area contributed by atoms with Gasteiger partial charge >= 0.3 is 15.4 Å². The molecule has 0 saturated carbocycles. The summed E-state index contributed by atoms with van der Waals surface area (Å²) < 4.78 is 24.8. The summed E-state index contributed by atoms with van der Waals surface area (Å²) in [7, 11) is -8.28. The third-order valence-corrected chi connectivity index (χ3v) is 3.02. The Bertz CT molecular complexity index is 228. The molecule has 0 saturated heterocycles. The molecule has 0 aliphatic heterocycles. The second-order valence-electron chi connectivity index (χ2n) is 3.13. The summed E-state index contributed by atoms with van der Waals surface area (Å²) in [4.78, 5) is 33.6. The van der Waals surface area contributed by atoms with E-state index in [4.69, 9.17) is 19.6 Å². The van der Waals surface area contributed by atoms with Gasteiger partial charge in [0.05, 0.1) is 6.61 Å². The molecular formula is C6H16O7P2. The predicted octanol–water partition coefficient (Wildman–Crippen LogP) is 0.834. The number of hydrogen-bond donors (Lipinski definition) is 4. The molecule has 4 N–H and O–H groups in total. The smallest absolute Gasteiger partial charge is 0.324 e. The molecule has 0 aromatic heterocycles. The van der Waals surface area contributed by atoms with Gasteiger partial charge < -0.3 is 19.6 Å². The van der Waals surface area contributed by atoms with E-state index in [2.05, 4.69) is 4.52 Å². The normalized spacial score (nSPS) is 13.1. The van der Waals surface area contributed by atoms with Gasteiger partial charge in [-0.15, -0.1) is 0 Å². The molecule has 0 radical (unpaired) electrons. The van der Waals surface area contributed by atoms with Crippen molar-refractivity contribution >= 4 is 15.4 Å². The van der Waals surface area contributed by atoms with Crippen LogP contribution in [0.2, 0.25) is 0 Å². The maximum atomic E-state index is 10.4. The van der Waals surface area contributed by atoms with Crippen LogP contribution >= 0.6 is 15.4 Å². The standard InChI is InChI=1S/C6H16O7P2/c7-14(8,9)6-4-2-1-3-5-13-15(10,11)12/h1-6H2,(H2,7,8,9)(H2,10,11,12). The molecule has 92 valence electrons. The minimum Gasteiger partial charge on any atom is -0.324 e. The van der Waals surface area contributed by atoms with Crippen LogP contribution in [0.5, 0.6) is 0 Å². The van der Waals surface area contributed by atoms with Gasteiger partial charge in [0.25, 0.3) is 0 Å². The molecule has 7 nitrogen and oxygen atoms in total. The monoisotopic (exact) mass is 262 g/mol. The number of phosphoric ester groups is 1. The molecular weight excluding hydrogens is 246 g/mol. The van der Waals surface area contributed by atoms with Crippen LogP contribution in [-0.2, 0) is 13.7 Å². The largest absolute Gasteiger partial charge is 0.469 e. The number of hydrogen-bond acceptors (Lipinski definition) is 3. The number of unbranched alkanes of at least 4 members (excludes halogenated alkanes) is 3. The highest BCUT2D eigenvalue weighted by Crippen LogP contribution is 2.36. The zero-order valence-corrected chi connectivity index (χ0v) is 9.94. The van der Waals surface area contributed by atoms with Crippen molar-refractivity contribution in [1.29, 1.82) is 0 Å². The SMILES string of the molecule is O=P(O)(O)CCCCCCOP(=O)(O)O. The maximum Gasteiger partial charge on any atom is 0.469 e. The van der Waals surface area contributed by atoms with Gasteiger partial charge in [-0.25, -0.2) is 4.57 Å². The van der Waals surface area contributed by atoms with Crippen LogP contribution in [0.4, 0.5) is 0 Å². The Hall–Kier alpha value is 0.260. The van der Waals surface area contributed by atoms with E-state index in [9.17, 15) is 9.13 Å². The van der Waals surface area contributed by atoms with Crippen LogP contribution in [0, 0.1) is 0 Å². The molecule has 0 unspecified atom stereocenters. The van der Waals surface area contributed by atoms with Crippen molar-refractivity contribution in [3.63, 3.8) is 0 Å². The lowest BCUT2D eigenvalue weighted by atomic mass is 10.2. The molecule has 0 aliphatic carbocycles. The summed E-state index contributed by atoms with van der Waals surface area (Å²) in [6.07, 6.45) is 1.95. The summed E-state index contributed by atoms with van der Waals surface area (Å²) in [6.45, 7) is -0.0415. The van der Waals surface area contributed by atoms with E-state index in [1.165, 1.54) is 0 Å². The van der Waals surface area contributed by atoms with Gasteiger partial charge in [-0.05, 0) is 12.8 Å². The number of phosphoric acid groups is 1. The molecule has 0 amide bonds. The molecule has 9 heteroatoms. The number of rotatable bonds is 8. The van der Waals surface area contributed by atoms with Crippen molar-refractivity contribution in [3.05, 3.63) is 0 Å². The first-order valence-electron chi connectivity index (χ1n) is 4.45. The molecule has 0 bridgehead atoms. The highest BCUT2D eigenvalue weighted by atomic mass is 31.2. The average molecular weight is 262 g/mol. The summed E-state index contributed by atoms with van der Waals surface area (Å²) in [5.41, 5.74) is 0. The summed E-state index contributed by atoms with van der Waals surface area (Å²) in [6, 6.07) is 0. The minimum absolute atomic E-state index is 0.0415. The highest BCUT2D eigenvalue weighted by Gasteiger charge is 2.13. The molecule has 0 aromatic carbocycles. The molecule has 0 rings (SSSR count). The molecule has 0 atom stereocenters. The van der Waals surface area contributed by atoms with E-state index in [1.54, 1.807) is 0 Å². The fourth-order valence-corrected chi connectivity index (χ4v) is 1.96. The third-order valence-electron chi connectivity index (χ3n) is 1.60. The fourth-order valence-electron chi connectivity index (χ4n) is 0.957. The maximum absolute atomic E-state index is 10.4. The first kappa shape index (κ1) is 15.3. The Morgan fingerprint density at radius 3 is 1.87 bits per heavy atom. The minimum atomic E-state index is -4.37. The van der Waals surface area contributed by atoms with E-state index in [0.29, 0.717) is 25.7 Å². The lowest BCUT2D eigenvalue weighted by Gasteiger charge is -2.05. The first-order chi connectivity index (χ1) is 6.71. The Balaban J connectivity index is 3.27. The average Bonchev–Trinajstić information content (AvgIpc) is 1.98. The van der Waals surface area contributed by atoms with Gasteiger partial charge in [0.2, 0.25) is 0 Å². The summed E-state index contributed by atoms with van der Waals surface area (Å²) >= 11 is 0. The Kier molecular flexibility index (Phi) is 6.88. The Labute approximate surface area is 87.9 Å². The van der Waals surface area contributed by atoms with Gasteiger partial charge in [-0.1, -0.05) is 12.8 Å². The molecule has 0 fully saturated rings. The summed E-state index contributed by atoms with van der Waals surface area (Å²) in [5, 5.41) is 0. The second-order valence-corrected chi connectivity index (χ2v) is 6.14. The van der Waals surface area contributed by atoms with Gasteiger partial charge in [0, 0.05) is 6.16 Å². The van der Waals surface area contributed by atoms with Crippen molar-refractivity contribution in [3.8, 4) is 0 Å². The molecule has 0 heterocycles. The van der Waals surface area contributed by atoms with Gasteiger partial charge in [0.15, 0.2) is 0 Å². The van der Waals surface area contributed by atoms with Crippen LogP contribution in [0.1, 0.15) is 25.7 Å². The van der Waals surface area contributed by atoms with E-state index >= 15 is 0 Å².